The molecule has 1 fully saturated rings. The quantitative estimate of drug-likeness (QED) is 0.924. The molecule has 1 aromatic rings. The highest BCUT2D eigenvalue weighted by atomic mass is 16.2. The van der Waals surface area contributed by atoms with Gasteiger partial charge in [-0.25, -0.2) is 4.79 Å². The monoisotopic (exact) mass is 292 g/mol. The molecule has 1 saturated heterocycles. The van der Waals surface area contributed by atoms with E-state index in [2.05, 4.69) is 24.3 Å². The molecule has 1 aliphatic heterocycles. The molecular weight excluding hydrogens is 264 g/mol. The SMILES string of the molecule is CCCc1cc(NC(=O)N2CCCC(CC)CC2)n(C)n1. The number of amides is 2. The fourth-order valence-electron chi connectivity index (χ4n) is 2.99. The molecule has 118 valence electrons. The number of urea groups is 1. The van der Waals surface area contributed by atoms with Crippen LogP contribution in [0.2, 0.25) is 0 Å². The third-order valence-electron chi connectivity index (χ3n) is 4.38. The van der Waals surface area contributed by atoms with Crippen molar-refractivity contribution in [2.75, 3.05) is 18.4 Å². The average molecular weight is 292 g/mol. The molecule has 1 aliphatic rings. The third-order valence-corrected chi connectivity index (χ3v) is 4.38. The third kappa shape index (κ3) is 4.22. The molecule has 1 aromatic heterocycles. The lowest BCUT2D eigenvalue weighted by molar-refractivity contribution is 0.213. The van der Waals surface area contributed by atoms with E-state index in [4.69, 9.17) is 0 Å². The number of rotatable bonds is 4. The summed E-state index contributed by atoms with van der Waals surface area (Å²) in [7, 11) is 1.88. The number of carbonyl (C=O) groups excluding carboxylic acids is 1. The lowest BCUT2D eigenvalue weighted by Gasteiger charge is -2.21. The lowest BCUT2D eigenvalue weighted by atomic mass is 9.98. The summed E-state index contributed by atoms with van der Waals surface area (Å²) in [5.41, 5.74) is 1.04. The van der Waals surface area contributed by atoms with E-state index in [0.717, 1.165) is 56.2 Å². The fourth-order valence-corrected chi connectivity index (χ4v) is 2.99. The van der Waals surface area contributed by atoms with Gasteiger partial charge in [0.15, 0.2) is 0 Å². The molecule has 21 heavy (non-hydrogen) atoms. The molecule has 2 amide bonds. The van der Waals surface area contributed by atoms with E-state index >= 15 is 0 Å². The van der Waals surface area contributed by atoms with Gasteiger partial charge in [0.25, 0.3) is 0 Å². The number of aromatic nitrogens is 2. The zero-order valence-electron chi connectivity index (χ0n) is 13.6. The van der Waals surface area contributed by atoms with Crippen molar-refractivity contribution in [3.8, 4) is 0 Å². The standard InChI is InChI=1S/C16H28N4O/c1-4-7-14-12-15(19(3)18-14)17-16(21)20-10-6-8-13(5-2)9-11-20/h12-13H,4-11H2,1-3H3,(H,17,21). The number of anilines is 1. The summed E-state index contributed by atoms with van der Waals surface area (Å²) in [4.78, 5) is 14.4. The first kappa shape index (κ1) is 15.9. The summed E-state index contributed by atoms with van der Waals surface area (Å²) in [6.07, 6.45) is 6.71. The number of likely N-dealkylation sites (tertiary alicyclic amines) is 1. The van der Waals surface area contributed by atoms with E-state index in [-0.39, 0.29) is 6.03 Å². The second kappa shape index (κ2) is 7.48. The van der Waals surface area contributed by atoms with Crippen LogP contribution >= 0.6 is 0 Å². The minimum atomic E-state index is 0.0119. The Kier molecular flexibility index (Phi) is 5.65. The van der Waals surface area contributed by atoms with Gasteiger partial charge in [-0.2, -0.15) is 5.10 Å². The molecule has 0 aliphatic carbocycles. The van der Waals surface area contributed by atoms with Gasteiger partial charge in [-0.3, -0.25) is 10.00 Å². The zero-order valence-corrected chi connectivity index (χ0v) is 13.6. The molecular formula is C16H28N4O. The first-order valence-electron chi connectivity index (χ1n) is 8.22. The molecule has 2 rings (SSSR count). The summed E-state index contributed by atoms with van der Waals surface area (Å²) in [5.74, 6) is 1.57. The first-order valence-corrected chi connectivity index (χ1v) is 8.22. The smallest absolute Gasteiger partial charge is 0.322 e. The van der Waals surface area contributed by atoms with Gasteiger partial charge in [0.1, 0.15) is 5.82 Å². The predicted octanol–water partition coefficient (Wildman–Crippen LogP) is 3.42. The Bertz CT molecular complexity index is 469. The van der Waals surface area contributed by atoms with E-state index < -0.39 is 0 Å². The molecule has 0 aromatic carbocycles. The van der Waals surface area contributed by atoms with Crippen LogP contribution in [0.4, 0.5) is 10.6 Å². The number of hydrogen-bond donors (Lipinski definition) is 1. The van der Waals surface area contributed by atoms with Gasteiger partial charge in [-0.15, -0.1) is 0 Å². The number of carbonyl (C=O) groups is 1. The average Bonchev–Trinajstić information content (AvgIpc) is 2.68. The van der Waals surface area contributed by atoms with Gasteiger partial charge in [0.2, 0.25) is 0 Å². The van der Waals surface area contributed by atoms with Gasteiger partial charge in [-0.05, 0) is 31.6 Å². The molecule has 0 radical (unpaired) electrons. The predicted molar refractivity (Wildman–Crippen MR) is 85.4 cm³/mol. The van der Waals surface area contributed by atoms with Crippen LogP contribution < -0.4 is 5.32 Å². The van der Waals surface area contributed by atoms with Crippen molar-refractivity contribution >= 4 is 11.8 Å². The molecule has 1 N–H and O–H groups in total. The number of aryl methyl sites for hydroxylation is 2. The van der Waals surface area contributed by atoms with Gasteiger partial charge in [0.05, 0.1) is 5.69 Å². The van der Waals surface area contributed by atoms with Crippen LogP contribution in [0.15, 0.2) is 6.07 Å². The van der Waals surface area contributed by atoms with Crippen LogP contribution in [0.25, 0.3) is 0 Å². The van der Waals surface area contributed by atoms with E-state index in [1.165, 1.54) is 12.8 Å². The normalized spacial score (nSPS) is 19.4. The Morgan fingerprint density at radius 3 is 2.90 bits per heavy atom. The first-order chi connectivity index (χ1) is 10.1. The van der Waals surface area contributed by atoms with E-state index in [1.807, 2.05) is 18.0 Å². The maximum Gasteiger partial charge on any atom is 0.322 e. The largest absolute Gasteiger partial charge is 0.324 e. The molecule has 2 heterocycles. The van der Waals surface area contributed by atoms with Crippen molar-refractivity contribution < 1.29 is 4.79 Å². The summed E-state index contributed by atoms with van der Waals surface area (Å²) in [6.45, 7) is 6.10. The molecule has 5 heteroatoms. The minimum Gasteiger partial charge on any atom is -0.324 e. The van der Waals surface area contributed by atoms with Crippen molar-refractivity contribution in [1.29, 1.82) is 0 Å². The van der Waals surface area contributed by atoms with Gasteiger partial charge in [0, 0.05) is 26.2 Å². The Morgan fingerprint density at radius 1 is 1.38 bits per heavy atom. The highest BCUT2D eigenvalue weighted by molar-refractivity contribution is 5.88. The topological polar surface area (TPSA) is 50.2 Å². The molecule has 0 spiro atoms. The van der Waals surface area contributed by atoms with E-state index in [0.29, 0.717) is 0 Å². The maximum absolute atomic E-state index is 12.4. The minimum absolute atomic E-state index is 0.0119. The highest BCUT2D eigenvalue weighted by Gasteiger charge is 2.20. The van der Waals surface area contributed by atoms with Crippen molar-refractivity contribution in [3.63, 3.8) is 0 Å². The van der Waals surface area contributed by atoms with E-state index in [9.17, 15) is 4.79 Å². The second-order valence-corrected chi connectivity index (χ2v) is 6.02. The second-order valence-electron chi connectivity index (χ2n) is 6.02. The number of nitrogens with zero attached hydrogens (tertiary/aromatic N) is 3. The number of nitrogens with one attached hydrogen (secondary N) is 1. The summed E-state index contributed by atoms with van der Waals surface area (Å²) in [6, 6.07) is 1.99. The molecule has 0 bridgehead atoms. The van der Waals surface area contributed by atoms with Crippen LogP contribution in [-0.4, -0.2) is 33.8 Å². The van der Waals surface area contributed by atoms with Crippen LogP contribution in [0.1, 0.15) is 51.6 Å². The molecule has 5 nitrogen and oxygen atoms in total. The molecule has 0 saturated carbocycles. The number of hydrogen-bond acceptors (Lipinski definition) is 2. The van der Waals surface area contributed by atoms with Crippen molar-refractivity contribution in [2.45, 2.75) is 52.4 Å². The van der Waals surface area contributed by atoms with Crippen molar-refractivity contribution in [1.82, 2.24) is 14.7 Å². The van der Waals surface area contributed by atoms with Gasteiger partial charge >= 0.3 is 6.03 Å². The Balaban J connectivity index is 1.94. The summed E-state index contributed by atoms with van der Waals surface area (Å²) < 4.78 is 1.76. The summed E-state index contributed by atoms with van der Waals surface area (Å²) >= 11 is 0. The fraction of sp³-hybridized carbons (Fsp3) is 0.750. The molecule has 1 atom stereocenters. The van der Waals surface area contributed by atoms with Crippen LogP contribution in [0.5, 0.6) is 0 Å². The zero-order chi connectivity index (χ0) is 15.2. The van der Waals surface area contributed by atoms with Crippen LogP contribution in [0.3, 0.4) is 0 Å². The lowest BCUT2D eigenvalue weighted by Crippen LogP contribution is -2.36. The van der Waals surface area contributed by atoms with E-state index in [1.54, 1.807) is 4.68 Å². The highest BCUT2D eigenvalue weighted by Crippen LogP contribution is 2.21. The summed E-state index contributed by atoms with van der Waals surface area (Å²) in [5, 5.41) is 7.43. The molecule has 1 unspecified atom stereocenters. The van der Waals surface area contributed by atoms with Crippen LogP contribution in [-0.2, 0) is 13.5 Å². The maximum atomic E-state index is 12.4. The Labute approximate surface area is 127 Å². The van der Waals surface area contributed by atoms with Gasteiger partial charge in [-0.1, -0.05) is 26.7 Å². The van der Waals surface area contributed by atoms with Crippen molar-refractivity contribution in [3.05, 3.63) is 11.8 Å². The van der Waals surface area contributed by atoms with Gasteiger partial charge < -0.3 is 4.90 Å². The Hall–Kier alpha value is -1.52. The van der Waals surface area contributed by atoms with Crippen molar-refractivity contribution in [2.24, 2.45) is 13.0 Å². The Morgan fingerprint density at radius 2 is 2.19 bits per heavy atom. The van der Waals surface area contributed by atoms with Crippen LogP contribution in [0, 0.1) is 5.92 Å².